The molecular weight excluding hydrogens is 372 g/mol. The molecule has 1 amide bonds. The first-order valence-electron chi connectivity index (χ1n) is 9.13. The van der Waals surface area contributed by atoms with Crippen LogP contribution in [0.15, 0.2) is 52.4 Å². The standard InChI is InChI=1S/C21H22N4O4/c1-4-9-25-21(27)18-8-6-5-7-17(18)19(24-25)20(26)23-22-13-14-10-15(28-2)12-16(11-14)29-3/h5-8,10-13H,4,9H2,1-3H3,(H,23,26)/b22-13-. The van der Waals surface area contributed by atoms with Gasteiger partial charge in [-0.3, -0.25) is 9.59 Å². The summed E-state index contributed by atoms with van der Waals surface area (Å²) in [6.07, 6.45) is 2.20. The largest absolute Gasteiger partial charge is 0.497 e. The topological polar surface area (TPSA) is 94.8 Å². The van der Waals surface area contributed by atoms with E-state index in [0.717, 1.165) is 6.42 Å². The summed E-state index contributed by atoms with van der Waals surface area (Å²) in [6.45, 7) is 2.37. The number of hydrazone groups is 1. The average Bonchev–Trinajstić information content (AvgIpc) is 2.75. The highest BCUT2D eigenvalue weighted by atomic mass is 16.5. The van der Waals surface area contributed by atoms with Crippen LogP contribution in [0.1, 0.15) is 29.4 Å². The molecule has 0 spiro atoms. The molecule has 0 aliphatic heterocycles. The number of nitrogens with one attached hydrogen (secondary N) is 1. The van der Waals surface area contributed by atoms with Gasteiger partial charge in [-0.15, -0.1) is 0 Å². The Morgan fingerprint density at radius 1 is 1.14 bits per heavy atom. The van der Waals surface area contributed by atoms with Crippen molar-refractivity contribution in [3.05, 3.63) is 64.1 Å². The SMILES string of the molecule is CCCn1nc(C(=O)N/N=C\c2cc(OC)cc(OC)c2)c2ccccc2c1=O. The first-order chi connectivity index (χ1) is 14.1. The van der Waals surface area contributed by atoms with Crippen molar-refractivity contribution in [1.29, 1.82) is 0 Å². The smallest absolute Gasteiger partial charge is 0.292 e. The number of carbonyl (C=O) groups is 1. The normalized spacial score (nSPS) is 11.0. The van der Waals surface area contributed by atoms with Gasteiger partial charge in [0.15, 0.2) is 5.69 Å². The van der Waals surface area contributed by atoms with E-state index in [1.807, 2.05) is 6.92 Å². The van der Waals surface area contributed by atoms with Crippen molar-refractivity contribution >= 4 is 22.9 Å². The summed E-state index contributed by atoms with van der Waals surface area (Å²) in [5.41, 5.74) is 3.09. The predicted octanol–water partition coefficient (Wildman–Crippen LogP) is 2.59. The Morgan fingerprint density at radius 3 is 2.41 bits per heavy atom. The monoisotopic (exact) mass is 394 g/mol. The molecule has 0 atom stereocenters. The van der Waals surface area contributed by atoms with Gasteiger partial charge < -0.3 is 9.47 Å². The lowest BCUT2D eigenvalue weighted by Crippen LogP contribution is -2.29. The second-order valence-electron chi connectivity index (χ2n) is 6.27. The van der Waals surface area contributed by atoms with Crippen molar-refractivity contribution in [2.75, 3.05) is 14.2 Å². The van der Waals surface area contributed by atoms with Crippen molar-refractivity contribution in [2.24, 2.45) is 5.10 Å². The summed E-state index contributed by atoms with van der Waals surface area (Å²) in [5, 5.41) is 9.19. The molecule has 0 radical (unpaired) electrons. The van der Waals surface area contributed by atoms with Gasteiger partial charge in [0.1, 0.15) is 11.5 Å². The van der Waals surface area contributed by atoms with Crippen LogP contribution in [0.3, 0.4) is 0 Å². The van der Waals surface area contributed by atoms with Gasteiger partial charge in [0.25, 0.3) is 11.5 Å². The lowest BCUT2D eigenvalue weighted by molar-refractivity contribution is 0.0949. The zero-order valence-electron chi connectivity index (χ0n) is 16.5. The Balaban J connectivity index is 1.90. The molecule has 0 saturated carbocycles. The fourth-order valence-corrected chi connectivity index (χ4v) is 2.89. The molecule has 1 aromatic heterocycles. The number of rotatable bonds is 7. The van der Waals surface area contributed by atoms with Crippen molar-refractivity contribution in [3.63, 3.8) is 0 Å². The van der Waals surface area contributed by atoms with Gasteiger partial charge >= 0.3 is 0 Å². The number of methoxy groups -OCH3 is 2. The van der Waals surface area contributed by atoms with Crippen molar-refractivity contribution in [3.8, 4) is 11.5 Å². The van der Waals surface area contributed by atoms with E-state index in [0.29, 0.717) is 34.4 Å². The Labute approximate surface area is 167 Å². The van der Waals surface area contributed by atoms with E-state index < -0.39 is 5.91 Å². The minimum Gasteiger partial charge on any atom is -0.497 e. The highest BCUT2D eigenvalue weighted by molar-refractivity contribution is 6.05. The number of benzene rings is 2. The van der Waals surface area contributed by atoms with Crippen molar-refractivity contribution < 1.29 is 14.3 Å². The molecule has 8 nitrogen and oxygen atoms in total. The maximum absolute atomic E-state index is 12.7. The maximum Gasteiger partial charge on any atom is 0.292 e. The van der Waals surface area contributed by atoms with E-state index in [4.69, 9.17) is 9.47 Å². The van der Waals surface area contributed by atoms with Gasteiger partial charge in [-0.05, 0) is 24.6 Å². The Hall–Kier alpha value is -3.68. The molecular formula is C21H22N4O4. The number of fused-ring (bicyclic) bond motifs is 1. The number of aromatic nitrogens is 2. The van der Waals surface area contributed by atoms with Gasteiger partial charge in [0.05, 0.1) is 25.8 Å². The van der Waals surface area contributed by atoms with Crippen LogP contribution in [0.2, 0.25) is 0 Å². The number of hydrogen-bond donors (Lipinski definition) is 1. The number of ether oxygens (including phenoxy) is 2. The molecule has 8 heteroatoms. The van der Waals surface area contributed by atoms with Gasteiger partial charge in [-0.2, -0.15) is 10.2 Å². The van der Waals surface area contributed by atoms with Crippen LogP contribution in [0.5, 0.6) is 11.5 Å². The van der Waals surface area contributed by atoms with E-state index in [-0.39, 0.29) is 11.3 Å². The van der Waals surface area contributed by atoms with Crippen LogP contribution in [0.4, 0.5) is 0 Å². The molecule has 0 aliphatic carbocycles. The number of aryl methyl sites for hydroxylation is 1. The Morgan fingerprint density at radius 2 is 1.79 bits per heavy atom. The second kappa shape index (κ2) is 9.01. The zero-order chi connectivity index (χ0) is 20.8. The molecule has 2 aromatic carbocycles. The van der Waals surface area contributed by atoms with Crippen LogP contribution < -0.4 is 20.5 Å². The summed E-state index contributed by atoms with van der Waals surface area (Å²) in [6, 6.07) is 12.2. The molecule has 3 aromatic rings. The zero-order valence-corrected chi connectivity index (χ0v) is 16.5. The second-order valence-corrected chi connectivity index (χ2v) is 6.27. The summed E-state index contributed by atoms with van der Waals surface area (Å²) < 4.78 is 11.7. The minimum absolute atomic E-state index is 0.147. The van der Waals surface area contributed by atoms with Crippen molar-refractivity contribution in [1.82, 2.24) is 15.2 Å². The van der Waals surface area contributed by atoms with Crippen molar-refractivity contribution in [2.45, 2.75) is 19.9 Å². The van der Waals surface area contributed by atoms with E-state index in [1.54, 1.807) is 56.7 Å². The third-order valence-electron chi connectivity index (χ3n) is 4.27. The van der Waals surface area contributed by atoms with Crippen LogP contribution in [0.25, 0.3) is 10.8 Å². The predicted molar refractivity (Wildman–Crippen MR) is 111 cm³/mol. The molecule has 150 valence electrons. The van der Waals surface area contributed by atoms with Gasteiger partial charge in [-0.1, -0.05) is 25.1 Å². The number of hydrogen-bond acceptors (Lipinski definition) is 6. The lowest BCUT2D eigenvalue weighted by atomic mass is 10.1. The molecule has 0 saturated heterocycles. The van der Waals surface area contributed by atoms with E-state index >= 15 is 0 Å². The summed E-state index contributed by atoms with van der Waals surface area (Å²) in [5.74, 6) is 0.713. The van der Waals surface area contributed by atoms with E-state index in [9.17, 15) is 9.59 Å². The average molecular weight is 394 g/mol. The highest BCUT2D eigenvalue weighted by Crippen LogP contribution is 2.21. The number of carbonyl (C=O) groups excluding carboxylic acids is 1. The first-order valence-corrected chi connectivity index (χ1v) is 9.13. The molecule has 1 heterocycles. The molecule has 3 rings (SSSR count). The molecule has 0 fully saturated rings. The van der Waals surface area contributed by atoms with E-state index in [1.165, 1.54) is 10.9 Å². The molecule has 0 bridgehead atoms. The fourth-order valence-electron chi connectivity index (χ4n) is 2.89. The number of amides is 1. The number of nitrogens with zero attached hydrogens (tertiary/aromatic N) is 3. The highest BCUT2D eigenvalue weighted by Gasteiger charge is 2.16. The minimum atomic E-state index is -0.503. The summed E-state index contributed by atoms with van der Waals surface area (Å²) >= 11 is 0. The Bertz CT molecular complexity index is 1100. The fraction of sp³-hybridized carbons (Fsp3) is 0.238. The molecule has 29 heavy (non-hydrogen) atoms. The Kier molecular flexibility index (Phi) is 6.23. The van der Waals surface area contributed by atoms with E-state index in [2.05, 4.69) is 15.6 Å². The first kappa shape index (κ1) is 20.1. The lowest BCUT2D eigenvalue weighted by Gasteiger charge is -2.09. The quantitative estimate of drug-likeness (QED) is 0.491. The van der Waals surface area contributed by atoms with Crippen LogP contribution in [-0.2, 0) is 6.54 Å². The molecule has 0 aliphatic rings. The maximum atomic E-state index is 12.7. The van der Waals surface area contributed by atoms with Gasteiger partial charge in [0.2, 0.25) is 0 Å². The van der Waals surface area contributed by atoms with Gasteiger partial charge in [0, 0.05) is 23.6 Å². The summed E-state index contributed by atoms with van der Waals surface area (Å²) in [7, 11) is 3.11. The molecule has 0 unspecified atom stereocenters. The molecule has 1 N–H and O–H groups in total. The van der Waals surface area contributed by atoms with Crippen LogP contribution in [0, 0.1) is 0 Å². The third kappa shape index (κ3) is 4.43. The van der Waals surface area contributed by atoms with Gasteiger partial charge in [-0.25, -0.2) is 10.1 Å². The van der Waals surface area contributed by atoms with Crippen LogP contribution >= 0.6 is 0 Å². The summed E-state index contributed by atoms with van der Waals surface area (Å²) in [4.78, 5) is 25.2. The third-order valence-corrected chi connectivity index (χ3v) is 4.27. The van der Waals surface area contributed by atoms with Crippen LogP contribution in [-0.4, -0.2) is 36.1 Å².